The van der Waals surface area contributed by atoms with Crippen LogP contribution in [0.1, 0.15) is 41.7 Å². The van der Waals surface area contributed by atoms with Crippen LogP contribution in [0.2, 0.25) is 0 Å². The Morgan fingerprint density at radius 1 is 1.58 bits per heavy atom. The number of hydrogen-bond donors (Lipinski definition) is 1. The van der Waals surface area contributed by atoms with Gasteiger partial charge in [0.2, 0.25) is 0 Å². The lowest BCUT2D eigenvalue weighted by Gasteiger charge is -2.28. The number of carbonyl (C=O) groups excluding carboxylic acids is 1. The summed E-state index contributed by atoms with van der Waals surface area (Å²) in [4.78, 5) is 14.8. The molecular formula is C13H20N4OS. The molecule has 0 unspecified atom stereocenters. The van der Waals surface area contributed by atoms with E-state index < -0.39 is 0 Å². The monoisotopic (exact) mass is 280 g/mol. The van der Waals surface area contributed by atoms with E-state index in [0.717, 1.165) is 31.4 Å². The minimum absolute atomic E-state index is 0.00898. The summed E-state index contributed by atoms with van der Waals surface area (Å²) in [5.74, 6) is -0.00898. The van der Waals surface area contributed by atoms with Crippen LogP contribution in [0.25, 0.3) is 0 Å². The van der Waals surface area contributed by atoms with Crippen LogP contribution in [0.4, 0.5) is 0 Å². The van der Waals surface area contributed by atoms with Gasteiger partial charge >= 0.3 is 0 Å². The molecule has 1 saturated carbocycles. The molecule has 5 nitrogen and oxygen atoms in total. The predicted molar refractivity (Wildman–Crippen MR) is 78.0 cm³/mol. The number of nitrogens with zero attached hydrogens (tertiary/aromatic N) is 3. The summed E-state index contributed by atoms with van der Waals surface area (Å²) < 4.78 is 1.71. The largest absolute Gasteiger partial charge is 0.392 e. The van der Waals surface area contributed by atoms with Gasteiger partial charge in [-0.05, 0) is 19.8 Å². The number of aromatic nitrogens is 2. The minimum Gasteiger partial charge on any atom is -0.392 e. The molecule has 2 rings (SSSR count). The standard InChI is InChI=1S/C13H20N4OS/c1-9-11(7-15-16(9)2)13(18)17(8-12(14)19)10-5-3-4-6-10/h7,10H,3-6,8H2,1-2H3,(H2,14,19). The van der Waals surface area contributed by atoms with Gasteiger partial charge in [-0.2, -0.15) is 5.10 Å². The van der Waals surface area contributed by atoms with Crippen molar-refractivity contribution < 1.29 is 4.79 Å². The Morgan fingerprint density at radius 3 is 2.68 bits per heavy atom. The Labute approximate surface area is 118 Å². The average molecular weight is 280 g/mol. The SMILES string of the molecule is Cc1c(C(=O)N(CC(N)=S)C2CCCC2)cnn1C. The molecule has 104 valence electrons. The molecule has 1 aromatic heterocycles. The van der Waals surface area contributed by atoms with Crippen LogP contribution in [0.5, 0.6) is 0 Å². The predicted octanol–water partition coefficient (Wildman–Crippen LogP) is 1.40. The number of hydrogen-bond acceptors (Lipinski definition) is 3. The summed E-state index contributed by atoms with van der Waals surface area (Å²) in [6, 6.07) is 0.258. The number of carbonyl (C=O) groups is 1. The van der Waals surface area contributed by atoms with Gasteiger partial charge in [-0.1, -0.05) is 25.1 Å². The van der Waals surface area contributed by atoms with Gasteiger partial charge in [0, 0.05) is 18.8 Å². The van der Waals surface area contributed by atoms with E-state index >= 15 is 0 Å². The molecule has 1 heterocycles. The number of aryl methyl sites for hydroxylation is 1. The molecular weight excluding hydrogens is 260 g/mol. The van der Waals surface area contributed by atoms with E-state index in [-0.39, 0.29) is 11.9 Å². The normalized spacial score (nSPS) is 15.7. The van der Waals surface area contributed by atoms with Crippen molar-refractivity contribution in [3.05, 3.63) is 17.5 Å². The Kier molecular flexibility index (Phi) is 4.19. The molecule has 19 heavy (non-hydrogen) atoms. The first-order chi connectivity index (χ1) is 9.00. The third kappa shape index (κ3) is 2.94. The van der Waals surface area contributed by atoms with Gasteiger partial charge in [-0.25, -0.2) is 0 Å². The summed E-state index contributed by atoms with van der Waals surface area (Å²) in [5, 5.41) is 4.13. The van der Waals surface area contributed by atoms with Crippen molar-refractivity contribution in [2.45, 2.75) is 38.6 Å². The molecule has 0 bridgehead atoms. The number of amides is 1. The number of rotatable bonds is 4. The van der Waals surface area contributed by atoms with Crippen molar-refractivity contribution in [3.63, 3.8) is 0 Å². The van der Waals surface area contributed by atoms with Gasteiger partial charge in [-0.3, -0.25) is 9.48 Å². The topological polar surface area (TPSA) is 64.2 Å². The summed E-state index contributed by atoms with van der Waals surface area (Å²) in [6.45, 7) is 2.25. The second kappa shape index (κ2) is 5.69. The second-order valence-electron chi connectivity index (χ2n) is 5.10. The first-order valence-corrected chi connectivity index (χ1v) is 6.99. The maximum Gasteiger partial charge on any atom is 0.257 e. The van der Waals surface area contributed by atoms with Gasteiger partial charge in [0.1, 0.15) is 0 Å². The molecule has 0 aliphatic heterocycles. The Bertz CT molecular complexity index is 491. The van der Waals surface area contributed by atoms with E-state index in [4.69, 9.17) is 18.0 Å². The molecule has 1 aromatic rings. The fourth-order valence-electron chi connectivity index (χ4n) is 2.61. The van der Waals surface area contributed by atoms with Crippen LogP contribution in [-0.4, -0.2) is 38.2 Å². The zero-order valence-electron chi connectivity index (χ0n) is 11.4. The average Bonchev–Trinajstić information content (AvgIpc) is 2.97. The number of thiocarbonyl (C=S) groups is 1. The molecule has 0 radical (unpaired) electrons. The van der Waals surface area contributed by atoms with Gasteiger partial charge in [-0.15, -0.1) is 0 Å². The molecule has 1 aliphatic rings. The second-order valence-corrected chi connectivity index (χ2v) is 5.63. The van der Waals surface area contributed by atoms with E-state index in [2.05, 4.69) is 5.10 Å². The molecule has 6 heteroatoms. The molecule has 0 atom stereocenters. The van der Waals surface area contributed by atoms with Crippen LogP contribution in [0.3, 0.4) is 0 Å². The molecule has 1 aliphatic carbocycles. The van der Waals surface area contributed by atoms with Gasteiger partial charge < -0.3 is 10.6 Å². The lowest BCUT2D eigenvalue weighted by Crippen LogP contribution is -2.43. The van der Waals surface area contributed by atoms with Crippen molar-refractivity contribution >= 4 is 23.1 Å². The van der Waals surface area contributed by atoms with Crippen molar-refractivity contribution in [3.8, 4) is 0 Å². The first kappa shape index (κ1) is 14.0. The lowest BCUT2D eigenvalue weighted by molar-refractivity contribution is 0.0714. The van der Waals surface area contributed by atoms with Gasteiger partial charge in [0.15, 0.2) is 0 Å². The molecule has 0 saturated heterocycles. The Morgan fingerprint density at radius 2 is 2.21 bits per heavy atom. The molecule has 2 N–H and O–H groups in total. The Balaban J connectivity index is 2.24. The smallest absolute Gasteiger partial charge is 0.257 e. The van der Waals surface area contributed by atoms with Crippen LogP contribution >= 0.6 is 12.2 Å². The van der Waals surface area contributed by atoms with E-state index in [1.807, 2.05) is 18.9 Å². The van der Waals surface area contributed by atoms with E-state index in [1.54, 1.807) is 10.9 Å². The van der Waals surface area contributed by atoms with E-state index in [9.17, 15) is 4.79 Å². The van der Waals surface area contributed by atoms with Crippen LogP contribution in [0, 0.1) is 6.92 Å². The fourth-order valence-corrected chi connectivity index (χ4v) is 2.75. The van der Waals surface area contributed by atoms with Crippen LogP contribution < -0.4 is 5.73 Å². The first-order valence-electron chi connectivity index (χ1n) is 6.58. The van der Waals surface area contributed by atoms with Crippen LogP contribution in [-0.2, 0) is 7.05 Å². The lowest BCUT2D eigenvalue weighted by atomic mass is 10.1. The zero-order valence-corrected chi connectivity index (χ0v) is 12.2. The molecule has 0 aromatic carbocycles. The van der Waals surface area contributed by atoms with Gasteiger partial charge in [0.25, 0.3) is 5.91 Å². The maximum atomic E-state index is 12.7. The van der Waals surface area contributed by atoms with Crippen molar-refractivity contribution in [2.24, 2.45) is 12.8 Å². The molecule has 1 amide bonds. The summed E-state index contributed by atoms with van der Waals surface area (Å²) in [7, 11) is 1.83. The Hall–Kier alpha value is -1.43. The van der Waals surface area contributed by atoms with Gasteiger partial charge in [0.05, 0.1) is 23.3 Å². The van der Waals surface area contributed by atoms with E-state index in [1.165, 1.54) is 0 Å². The summed E-state index contributed by atoms with van der Waals surface area (Å²) in [5.41, 5.74) is 7.15. The zero-order chi connectivity index (χ0) is 14.0. The highest BCUT2D eigenvalue weighted by atomic mass is 32.1. The highest BCUT2D eigenvalue weighted by molar-refractivity contribution is 7.80. The quantitative estimate of drug-likeness (QED) is 0.847. The van der Waals surface area contributed by atoms with Crippen molar-refractivity contribution in [1.82, 2.24) is 14.7 Å². The highest BCUT2D eigenvalue weighted by Gasteiger charge is 2.29. The summed E-state index contributed by atoms with van der Waals surface area (Å²) >= 11 is 4.98. The third-order valence-corrected chi connectivity index (χ3v) is 3.95. The van der Waals surface area contributed by atoms with Crippen LogP contribution in [0.15, 0.2) is 6.20 Å². The van der Waals surface area contributed by atoms with Crippen molar-refractivity contribution in [2.75, 3.05) is 6.54 Å². The molecule has 1 fully saturated rings. The van der Waals surface area contributed by atoms with E-state index in [0.29, 0.717) is 17.1 Å². The number of nitrogens with two attached hydrogens (primary N) is 1. The molecule has 0 spiro atoms. The maximum absolute atomic E-state index is 12.7. The fraction of sp³-hybridized carbons (Fsp3) is 0.615. The minimum atomic E-state index is -0.00898. The third-order valence-electron chi connectivity index (χ3n) is 3.82. The summed E-state index contributed by atoms with van der Waals surface area (Å²) in [6.07, 6.45) is 6.02. The highest BCUT2D eigenvalue weighted by Crippen LogP contribution is 2.25. The van der Waals surface area contributed by atoms with Crippen molar-refractivity contribution in [1.29, 1.82) is 0 Å².